The van der Waals surface area contributed by atoms with E-state index in [1.165, 1.54) is 0 Å². The summed E-state index contributed by atoms with van der Waals surface area (Å²) in [5.74, 6) is 0.744. The Morgan fingerprint density at radius 2 is 2.11 bits per heavy atom. The van der Waals surface area contributed by atoms with Gasteiger partial charge in [-0.25, -0.2) is 4.98 Å². The van der Waals surface area contributed by atoms with Crippen LogP contribution in [0.4, 0.5) is 0 Å². The summed E-state index contributed by atoms with van der Waals surface area (Å²) in [6.07, 6.45) is 3.07. The Labute approximate surface area is 108 Å². The second-order valence-electron chi connectivity index (χ2n) is 5.23. The van der Waals surface area contributed by atoms with Gasteiger partial charge >= 0.3 is 0 Å². The van der Waals surface area contributed by atoms with Crippen LogP contribution >= 0.6 is 0 Å². The molecule has 102 valence electrons. The average molecular weight is 253 g/mol. The van der Waals surface area contributed by atoms with E-state index in [1.807, 2.05) is 10.8 Å². The highest BCUT2D eigenvalue weighted by Crippen LogP contribution is 2.30. The van der Waals surface area contributed by atoms with Crippen molar-refractivity contribution in [1.82, 2.24) is 14.5 Å². The van der Waals surface area contributed by atoms with Crippen LogP contribution in [0.3, 0.4) is 0 Å². The predicted octanol–water partition coefficient (Wildman–Crippen LogP) is 1.05. The van der Waals surface area contributed by atoms with E-state index in [9.17, 15) is 5.11 Å². The molecule has 2 rings (SSSR count). The molecule has 0 amide bonds. The fraction of sp³-hybridized carbons (Fsp3) is 0.769. The summed E-state index contributed by atoms with van der Waals surface area (Å²) in [7, 11) is 0. The van der Waals surface area contributed by atoms with Crippen LogP contribution < -0.4 is 0 Å². The molecule has 0 aromatic carbocycles. The van der Waals surface area contributed by atoms with Crippen LogP contribution in [0.25, 0.3) is 0 Å². The number of aliphatic hydroxyl groups is 1. The van der Waals surface area contributed by atoms with Crippen LogP contribution in [0.15, 0.2) is 12.4 Å². The first-order chi connectivity index (χ1) is 8.57. The third kappa shape index (κ3) is 2.43. The third-order valence-electron chi connectivity index (χ3n) is 3.83. The van der Waals surface area contributed by atoms with Gasteiger partial charge in [0.25, 0.3) is 0 Å². The molecule has 0 aliphatic carbocycles. The zero-order valence-electron chi connectivity index (χ0n) is 11.5. The van der Waals surface area contributed by atoms with E-state index in [1.54, 1.807) is 6.20 Å². The lowest BCUT2D eigenvalue weighted by molar-refractivity contribution is -0.0665. The molecule has 1 saturated heterocycles. The Bertz CT molecular complexity index is 383. The van der Waals surface area contributed by atoms with Crippen molar-refractivity contribution in [2.75, 3.05) is 26.3 Å². The van der Waals surface area contributed by atoms with Crippen LogP contribution in [0.5, 0.6) is 0 Å². The number of hydrogen-bond acceptors (Lipinski definition) is 4. The molecule has 2 heterocycles. The van der Waals surface area contributed by atoms with E-state index in [2.05, 4.69) is 30.7 Å². The Balaban J connectivity index is 2.17. The summed E-state index contributed by atoms with van der Waals surface area (Å²) in [4.78, 5) is 6.58. The molecule has 1 aliphatic rings. The van der Waals surface area contributed by atoms with Crippen molar-refractivity contribution in [1.29, 1.82) is 0 Å². The van der Waals surface area contributed by atoms with Crippen molar-refractivity contribution in [3.05, 3.63) is 18.2 Å². The number of imidazole rings is 1. The Morgan fingerprint density at radius 3 is 2.72 bits per heavy atom. The van der Waals surface area contributed by atoms with Crippen LogP contribution in [0.1, 0.15) is 32.7 Å². The van der Waals surface area contributed by atoms with Crippen molar-refractivity contribution >= 4 is 0 Å². The van der Waals surface area contributed by atoms with Gasteiger partial charge in [0.2, 0.25) is 0 Å². The van der Waals surface area contributed by atoms with E-state index in [4.69, 9.17) is 4.74 Å². The number of morpholine rings is 1. The monoisotopic (exact) mass is 253 g/mol. The average Bonchev–Trinajstić information content (AvgIpc) is 2.87. The molecule has 1 aromatic heterocycles. The first-order valence-corrected chi connectivity index (χ1v) is 6.59. The maximum absolute atomic E-state index is 10.6. The molecule has 0 radical (unpaired) electrons. The van der Waals surface area contributed by atoms with Gasteiger partial charge < -0.3 is 14.4 Å². The van der Waals surface area contributed by atoms with Gasteiger partial charge in [0.15, 0.2) is 0 Å². The summed E-state index contributed by atoms with van der Waals surface area (Å²) >= 11 is 0. The zero-order chi connectivity index (χ0) is 13.2. The van der Waals surface area contributed by atoms with E-state index in [0.29, 0.717) is 0 Å². The second-order valence-corrected chi connectivity index (χ2v) is 5.23. The van der Waals surface area contributed by atoms with Gasteiger partial charge in [0, 0.05) is 37.6 Å². The van der Waals surface area contributed by atoms with Crippen LogP contribution in [-0.4, -0.2) is 51.4 Å². The third-order valence-corrected chi connectivity index (χ3v) is 3.83. The molecule has 0 bridgehead atoms. The Morgan fingerprint density at radius 1 is 1.44 bits per heavy atom. The molecule has 0 saturated carbocycles. The smallest absolute Gasteiger partial charge is 0.139 e. The molecule has 1 aromatic rings. The molecule has 1 N–H and O–H groups in total. The Hall–Kier alpha value is -0.910. The number of rotatable bonds is 4. The van der Waals surface area contributed by atoms with Gasteiger partial charge in [0.1, 0.15) is 11.9 Å². The molecular weight excluding hydrogens is 230 g/mol. The van der Waals surface area contributed by atoms with E-state index in [-0.39, 0.29) is 5.54 Å². The molecule has 18 heavy (non-hydrogen) atoms. The van der Waals surface area contributed by atoms with Crippen molar-refractivity contribution in [3.8, 4) is 0 Å². The number of nitrogens with zero attached hydrogens (tertiary/aromatic N) is 3. The maximum Gasteiger partial charge on any atom is 0.139 e. The predicted molar refractivity (Wildman–Crippen MR) is 69.3 cm³/mol. The first kappa shape index (κ1) is 13.5. The topological polar surface area (TPSA) is 50.5 Å². The highest BCUT2D eigenvalue weighted by atomic mass is 16.5. The van der Waals surface area contributed by atoms with E-state index < -0.39 is 6.10 Å². The van der Waals surface area contributed by atoms with Crippen molar-refractivity contribution in [2.45, 2.75) is 39.0 Å². The summed E-state index contributed by atoms with van der Waals surface area (Å²) < 4.78 is 7.36. The molecule has 0 spiro atoms. The number of aliphatic hydroxyl groups excluding tert-OH is 1. The molecule has 1 fully saturated rings. The van der Waals surface area contributed by atoms with Gasteiger partial charge in [0.05, 0.1) is 13.2 Å². The minimum absolute atomic E-state index is 0.331. The van der Waals surface area contributed by atoms with E-state index >= 15 is 0 Å². The molecular formula is C13H23N3O2. The lowest BCUT2D eigenvalue weighted by atomic mass is 9.93. The number of aromatic nitrogens is 2. The fourth-order valence-electron chi connectivity index (χ4n) is 2.46. The quantitative estimate of drug-likeness (QED) is 0.871. The first-order valence-electron chi connectivity index (χ1n) is 6.59. The lowest BCUT2D eigenvalue weighted by Gasteiger charge is -2.43. The van der Waals surface area contributed by atoms with Gasteiger partial charge in [-0.3, -0.25) is 4.90 Å². The molecule has 1 aliphatic heterocycles. The van der Waals surface area contributed by atoms with Gasteiger partial charge in [-0.15, -0.1) is 0 Å². The normalized spacial score (nSPS) is 20.0. The van der Waals surface area contributed by atoms with Crippen molar-refractivity contribution < 1.29 is 9.84 Å². The number of aryl methyl sites for hydroxylation is 1. The van der Waals surface area contributed by atoms with Crippen LogP contribution in [0.2, 0.25) is 0 Å². The molecule has 5 heteroatoms. The van der Waals surface area contributed by atoms with Gasteiger partial charge in [-0.2, -0.15) is 0 Å². The zero-order valence-corrected chi connectivity index (χ0v) is 11.5. The molecule has 5 nitrogen and oxygen atoms in total. The van der Waals surface area contributed by atoms with Gasteiger partial charge in [-0.05, 0) is 20.8 Å². The number of ether oxygens (including phenoxy) is 1. The van der Waals surface area contributed by atoms with Gasteiger partial charge in [-0.1, -0.05) is 0 Å². The highest BCUT2D eigenvalue weighted by Gasteiger charge is 2.38. The summed E-state index contributed by atoms with van der Waals surface area (Å²) in [5, 5.41) is 10.6. The van der Waals surface area contributed by atoms with E-state index in [0.717, 1.165) is 38.7 Å². The standard InChI is InChI=1S/C13H23N3O2/c1-4-15-6-5-14-12(15)11(17)13(2,3)16-7-9-18-10-8-16/h5-6,11,17H,4,7-10H2,1-3H3. The van der Waals surface area contributed by atoms with Crippen molar-refractivity contribution in [3.63, 3.8) is 0 Å². The van der Waals surface area contributed by atoms with Crippen LogP contribution in [-0.2, 0) is 11.3 Å². The van der Waals surface area contributed by atoms with Crippen molar-refractivity contribution in [2.24, 2.45) is 0 Å². The lowest BCUT2D eigenvalue weighted by Crippen LogP contribution is -2.53. The van der Waals surface area contributed by atoms with Crippen LogP contribution in [0, 0.1) is 0 Å². The Kier molecular flexibility index (Phi) is 4.04. The SMILES string of the molecule is CCn1ccnc1C(O)C(C)(C)N1CCOCC1. The minimum Gasteiger partial charge on any atom is -0.383 e. The molecule has 1 atom stereocenters. The summed E-state index contributed by atoms with van der Waals surface area (Å²) in [6, 6.07) is 0. The number of hydrogen-bond donors (Lipinski definition) is 1. The maximum atomic E-state index is 10.6. The summed E-state index contributed by atoms with van der Waals surface area (Å²) in [6.45, 7) is 10.2. The fourth-order valence-corrected chi connectivity index (χ4v) is 2.46. The second kappa shape index (κ2) is 5.38. The largest absolute Gasteiger partial charge is 0.383 e. The molecule has 1 unspecified atom stereocenters. The highest BCUT2D eigenvalue weighted by molar-refractivity contribution is 5.05. The summed E-state index contributed by atoms with van der Waals surface area (Å²) in [5.41, 5.74) is -0.331. The minimum atomic E-state index is -0.592.